The van der Waals surface area contributed by atoms with Gasteiger partial charge in [0.2, 0.25) is 10.0 Å². The first-order valence-electron chi connectivity index (χ1n) is 11.4. The van der Waals surface area contributed by atoms with Gasteiger partial charge in [-0.2, -0.15) is 0 Å². The maximum absolute atomic E-state index is 14.6. The van der Waals surface area contributed by atoms with Gasteiger partial charge in [0.15, 0.2) is 17.4 Å². The Morgan fingerprint density at radius 2 is 2.03 bits per heavy atom. The number of benzene rings is 2. The van der Waals surface area contributed by atoms with Crippen LogP contribution in [0.25, 0.3) is 10.9 Å². The van der Waals surface area contributed by atoms with Crippen molar-refractivity contribution in [3.8, 4) is 5.75 Å². The fraction of sp³-hybridized carbons (Fsp3) is 0.375. The number of nitrogens with zero attached hydrogens (tertiary/aromatic N) is 2. The van der Waals surface area contributed by atoms with Gasteiger partial charge >= 0.3 is 0 Å². The van der Waals surface area contributed by atoms with Crippen molar-refractivity contribution in [2.45, 2.75) is 25.8 Å². The van der Waals surface area contributed by atoms with Gasteiger partial charge in [0.1, 0.15) is 5.39 Å². The highest BCUT2D eigenvalue weighted by Gasteiger charge is 2.25. The second-order valence-corrected chi connectivity index (χ2v) is 11.2. The Kier molecular flexibility index (Phi) is 7.91. The molecule has 1 saturated heterocycles. The van der Waals surface area contributed by atoms with Crippen LogP contribution in [0.3, 0.4) is 0 Å². The molecule has 2 aromatic carbocycles. The average molecular weight is 537 g/mol. The lowest BCUT2D eigenvalue weighted by molar-refractivity contribution is 0.0940. The molecule has 192 valence electrons. The molecule has 0 aliphatic carbocycles. The zero-order chi connectivity index (χ0) is 25.9. The molecule has 0 radical (unpaired) electrons. The normalized spacial score (nSPS) is 15.2. The number of carbonyl (C=O) groups excluding carboxylic acids is 1. The Hall–Kier alpha value is -3.02. The predicted molar refractivity (Wildman–Crippen MR) is 134 cm³/mol. The number of rotatable bonds is 8. The van der Waals surface area contributed by atoms with E-state index >= 15 is 0 Å². The van der Waals surface area contributed by atoms with Crippen LogP contribution in [0.1, 0.15) is 35.4 Å². The minimum atomic E-state index is -3.20. The highest BCUT2D eigenvalue weighted by molar-refractivity contribution is 7.88. The van der Waals surface area contributed by atoms with Gasteiger partial charge < -0.3 is 15.0 Å². The number of carbonyl (C=O) groups is 1. The summed E-state index contributed by atoms with van der Waals surface area (Å²) in [5, 5.41) is 3.13. The van der Waals surface area contributed by atoms with Crippen molar-refractivity contribution in [2.75, 3.05) is 26.0 Å². The van der Waals surface area contributed by atoms with Crippen LogP contribution < -0.4 is 15.6 Å². The summed E-state index contributed by atoms with van der Waals surface area (Å²) in [6.07, 6.45) is 3.15. The number of sulfonamides is 1. The molecule has 0 saturated carbocycles. The first-order chi connectivity index (χ1) is 17.1. The minimum absolute atomic E-state index is 0.0757. The van der Waals surface area contributed by atoms with Crippen LogP contribution in [0.4, 0.5) is 4.39 Å². The molecule has 12 heteroatoms. The van der Waals surface area contributed by atoms with E-state index in [9.17, 15) is 22.4 Å². The number of ether oxygens (including phenoxy) is 1. The molecule has 36 heavy (non-hydrogen) atoms. The molecular weight excluding hydrogens is 511 g/mol. The van der Waals surface area contributed by atoms with Gasteiger partial charge in [-0.05, 0) is 55.0 Å². The quantitative estimate of drug-likeness (QED) is 0.456. The molecule has 1 aromatic heterocycles. The second kappa shape index (κ2) is 10.9. The summed E-state index contributed by atoms with van der Waals surface area (Å²) in [5.41, 5.74) is 0.215. The number of halogens is 2. The van der Waals surface area contributed by atoms with E-state index in [1.54, 1.807) is 24.3 Å². The molecule has 4 rings (SSSR count). The third-order valence-electron chi connectivity index (χ3n) is 6.15. The number of nitrogens with one attached hydrogen (secondary N) is 2. The molecule has 0 spiro atoms. The maximum Gasteiger partial charge on any atom is 0.287 e. The fourth-order valence-corrected chi connectivity index (χ4v) is 5.28. The van der Waals surface area contributed by atoms with E-state index in [-0.39, 0.29) is 41.5 Å². The third-order valence-corrected chi connectivity index (χ3v) is 7.69. The lowest BCUT2D eigenvalue weighted by Crippen LogP contribution is -2.38. The first kappa shape index (κ1) is 26.1. The van der Waals surface area contributed by atoms with Crippen LogP contribution in [0.5, 0.6) is 5.75 Å². The van der Waals surface area contributed by atoms with Crippen molar-refractivity contribution < 1.29 is 22.3 Å². The number of amides is 1. The Balaban J connectivity index is 1.43. The van der Waals surface area contributed by atoms with Crippen molar-refractivity contribution in [3.05, 3.63) is 69.0 Å². The number of piperidine rings is 1. The van der Waals surface area contributed by atoms with Gasteiger partial charge in [-0.25, -0.2) is 22.1 Å². The summed E-state index contributed by atoms with van der Waals surface area (Å²) >= 11 is 5.95. The van der Waals surface area contributed by atoms with Crippen LogP contribution in [-0.2, 0) is 16.6 Å². The molecule has 1 fully saturated rings. The van der Waals surface area contributed by atoms with E-state index in [4.69, 9.17) is 16.3 Å². The van der Waals surface area contributed by atoms with Crippen molar-refractivity contribution in [2.24, 2.45) is 5.92 Å². The van der Waals surface area contributed by atoms with Gasteiger partial charge in [0.25, 0.3) is 11.5 Å². The Morgan fingerprint density at radius 3 is 2.72 bits per heavy atom. The van der Waals surface area contributed by atoms with E-state index in [2.05, 4.69) is 15.3 Å². The molecular formula is C24H26ClFN4O5S. The fourth-order valence-electron chi connectivity index (χ4n) is 4.20. The van der Waals surface area contributed by atoms with Crippen molar-refractivity contribution >= 4 is 38.4 Å². The predicted octanol–water partition coefficient (Wildman–Crippen LogP) is 3.09. The van der Waals surface area contributed by atoms with Gasteiger partial charge in [-0.3, -0.25) is 9.59 Å². The number of aromatic nitrogens is 2. The van der Waals surface area contributed by atoms with Gasteiger partial charge in [0, 0.05) is 24.7 Å². The zero-order valence-electron chi connectivity index (χ0n) is 19.6. The average Bonchev–Trinajstić information content (AvgIpc) is 2.83. The van der Waals surface area contributed by atoms with Crippen molar-refractivity contribution in [1.82, 2.24) is 19.6 Å². The molecule has 2 heterocycles. The Labute approximate surface area is 212 Å². The van der Waals surface area contributed by atoms with E-state index in [1.807, 2.05) is 0 Å². The molecule has 0 unspecified atom stereocenters. The minimum Gasteiger partial charge on any atom is -0.490 e. The van der Waals surface area contributed by atoms with E-state index in [0.29, 0.717) is 37.4 Å². The number of fused-ring (bicyclic) bond motifs is 1. The van der Waals surface area contributed by atoms with Crippen LogP contribution >= 0.6 is 11.6 Å². The Morgan fingerprint density at radius 1 is 1.28 bits per heavy atom. The first-order valence-corrected chi connectivity index (χ1v) is 13.7. The molecule has 0 bridgehead atoms. The second-order valence-electron chi connectivity index (χ2n) is 8.74. The summed E-state index contributed by atoms with van der Waals surface area (Å²) in [4.78, 5) is 32.0. The summed E-state index contributed by atoms with van der Waals surface area (Å²) in [5.74, 6) is -1.50. The maximum atomic E-state index is 14.6. The molecule has 2 N–H and O–H groups in total. The highest BCUT2D eigenvalue weighted by atomic mass is 35.5. The SMILES string of the molecule is CS(=O)(=O)N1CCC(CCOc2c(F)ccc3nc(C(=O)NCc4cccc(Cl)c4)[nH]c(=O)c23)CC1. The van der Waals surface area contributed by atoms with Gasteiger partial charge in [-0.1, -0.05) is 23.7 Å². The molecule has 0 atom stereocenters. The summed E-state index contributed by atoms with van der Waals surface area (Å²) in [6.45, 7) is 1.22. The molecule has 9 nitrogen and oxygen atoms in total. The smallest absolute Gasteiger partial charge is 0.287 e. The standard InChI is InChI=1S/C24H26ClFN4O5S/c1-36(33,34)30-10-7-15(8-11-30)9-12-35-21-18(26)5-6-19-20(21)23(31)29-22(28-19)24(32)27-14-16-3-2-4-17(25)13-16/h2-6,13,15H,7-12,14H2,1H3,(H,27,32)(H,28,29,31). The topological polar surface area (TPSA) is 121 Å². The number of H-pyrrole nitrogens is 1. The molecule has 3 aromatic rings. The Bertz CT molecular complexity index is 1440. The van der Waals surface area contributed by atoms with Crippen molar-refractivity contribution in [3.63, 3.8) is 0 Å². The molecule has 1 aliphatic heterocycles. The summed E-state index contributed by atoms with van der Waals surface area (Å²) < 4.78 is 45.0. The van der Waals surface area contributed by atoms with Crippen LogP contribution in [-0.4, -0.2) is 54.6 Å². The van der Waals surface area contributed by atoms with E-state index in [0.717, 1.165) is 11.6 Å². The van der Waals surface area contributed by atoms with Gasteiger partial charge in [0.05, 0.1) is 18.4 Å². The number of hydrogen-bond acceptors (Lipinski definition) is 6. The monoisotopic (exact) mass is 536 g/mol. The van der Waals surface area contributed by atoms with E-state index in [1.165, 1.54) is 16.6 Å². The number of hydrogen-bond donors (Lipinski definition) is 2. The molecule has 1 amide bonds. The lowest BCUT2D eigenvalue weighted by Gasteiger charge is -2.30. The molecule has 1 aliphatic rings. The highest BCUT2D eigenvalue weighted by Crippen LogP contribution is 2.27. The lowest BCUT2D eigenvalue weighted by atomic mass is 9.95. The third kappa shape index (κ3) is 6.21. The van der Waals surface area contributed by atoms with Crippen LogP contribution in [0, 0.1) is 11.7 Å². The summed E-state index contributed by atoms with van der Waals surface area (Å²) in [6, 6.07) is 9.44. The number of aromatic amines is 1. The van der Waals surface area contributed by atoms with Gasteiger partial charge in [-0.15, -0.1) is 0 Å². The zero-order valence-corrected chi connectivity index (χ0v) is 21.2. The van der Waals surface area contributed by atoms with E-state index < -0.39 is 27.3 Å². The van der Waals surface area contributed by atoms with Crippen molar-refractivity contribution in [1.29, 1.82) is 0 Å². The van der Waals surface area contributed by atoms with Crippen LogP contribution in [0.2, 0.25) is 5.02 Å². The summed E-state index contributed by atoms with van der Waals surface area (Å²) in [7, 11) is -3.20. The largest absolute Gasteiger partial charge is 0.490 e. The van der Waals surface area contributed by atoms with Crippen LogP contribution in [0.15, 0.2) is 41.2 Å².